The zero-order valence-electron chi connectivity index (χ0n) is 20.9. The number of aromatic nitrogens is 7. The first kappa shape index (κ1) is 23.3. The monoisotopic (exact) mass is 504 g/mol. The molecule has 0 radical (unpaired) electrons. The van der Waals surface area contributed by atoms with Crippen LogP contribution in [0.15, 0.2) is 67.3 Å². The van der Waals surface area contributed by atoms with Crippen LogP contribution in [0, 0.1) is 11.3 Å². The molecule has 6 rings (SSSR count). The van der Waals surface area contributed by atoms with E-state index in [1.807, 2.05) is 52.2 Å². The minimum absolute atomic E-state index is 0.0230. The van der Waals surface area contributed by atoms with E-state index in [2.05, 4.69) is 50.6 Å². The lowest BCUT2D eigenvalue weighted by atomic mass is 10.1. The molecule has 0 spiro atoms. The van der Waals surface area contributed by atoms with Gasteiger partial charge in [0.25, 0.3) is 5.91 Å². The van der Waals surface area contributed by atoms with Gasteiger partial charge in [0.1, 0.15) is 11.8 Å². The van der Waals surface area contributed by atoms with Gasteiger partial charge in [-0.05, 0) is 32.0 Å². The van der Waals surface area contributed by atoms with Crippen LogP contribution in [0.5, 0.6) is 0 Å². The molecule has 1 N–H and O–H groups in total. The standard InChI is InChI=1S/C27H24N10O/c1-17(2)32-23-9-25(37-26-20(12-31-37)8-18(10-28)11-30-26)29-13-22(23)24-16-36(34-33-24)21-14-35(15-21)27(38)19-6-4-3-5-7-19/h3-9,11-13,16-17,21H,14-15H2,1-2H3,(H,29,32). The Kier molecular flexibility index (Phi) is 5.76. The number of anilines is 1. The maximum absolute atomic E-state index is 12.7. The van der Waals surface area contributed by atoms with Crippen molar-refractivity contribution < 1.29 is 4.79 Å². The molecule has 1 fully saturated rings. The summed E-state index contributed by atoms with van der Waals surface area (Å²) in [7, 11) is 0. The summed E-state index contributed by atoms with van der Waals surface area (Å²) in [6.45, 7) is 5.28. The first-order chi connectivity index (χ1) is 18.5. The van der Waals surface area contributed by atoms with Gasteiger partial charge in [0.2, 0.25) is 0 Å². The topological polar surface area (TPSA) is 130 Å². The average Bonchev–Trinajstić information content (AvgIpc) is 3.55. The molecule has 0 bridgehead atoms. The van der Waals surface area contributed by atoms with E-state index in [-0.39, 0.29) is 18.0 Å². The molecule has 1 amide bonds. The highest BCUT2D eigenvalue weighted by Crippen LogP contribution is 2.30. The molecule has 0 unspecified atom stereocenters. The summed E-state index contributed by atoms with van der Waals surface area (Å²) < 4.78 is 3.46. The average molecular weight is 505 g/mol. The third kappa shape index (κ3) is 4.22. The van der Waals surface area contributed by atoms with Gasteiger partial charge in [0.05, 0.1) is 24.0 Å². The second-order valence-corrected chi connectivity index (χ2v) is 9.51. The lowest BCUT2D eigenvalue weighted by Gasteiger charge is -2.38. The number of nitriles is 1. The normalized spacial score (nSPS) is 13.5. The van der Waals surface area contributed by atoms with Crippen molar-refractivity contribution in [2.45, 2.75) is 25.9 Å². The SMILES string of the molecule is CC(C)Nc1cc(-n2ncc3cc(C#N)cnc32)ncc1-c1cn(C2CN(C(=O)c3ccccc3)C2)nn1. The van der Waals surface area contributed by atoms with Crippen LogP contribution < -0.4 is 5.32 Å². The van der Waals surface area contributed by atoms with Gasteiger partial charge in [0.15, 0.2) is 11.5 Å². The molecule has 1 aliphatic heterocycles. The van der Waals surface area contributed by atoms with Crippen molar-refractivity contribution in [2.24, 2.45) is 0 Å². The molecule has 11 nitrogen and oxygen atoms in total. The molecule has 0 aliphatic carbocycles. The highest BCUT2D eigenvalue weighted by Gasteiger charge is 2.33. The summed E-state index contributed by atoms with van der Waals surface area (Å²) in [5.74, 6) is 0.612. The van der Waals surface area contributed by atoms with E-state index in [9.17, 15) is 4.79 Å². The van der Waals surface area contributed by atoms with Crippen LogP contribution in [0.3, 0.4) is 0 Å². The van der Waals surface area contributed by atoms with Crippen molar-refractivity contribution in [3.8, 4) is 23.1 Å². The highest BCUT2D eigenvalue weighted by atomic mass is 16.2. The largest absolute Gasteiger partial charge is 0.382 e. The van der Waals surface area contributed by atoms with Gasteiger partial charge < -0.3 is 10.2 Å². The number of rotatable bonds is 6. The minimum atomic E-state index is 0.0230. The van der Waals surface area contributed by atoms with E-state index < -0.39 is 0 Å². The molecule has 1 aromatic carbocycles. The molecule has 1 saturated heterocycles. The van der Waals surface area contributed by atoms with E-state index in [0.717, 1.165) is 16.6 Å². The fourth-order valence-electron chi connectivity index (χ4n) is 4.48. The molecule has 4 aromatic heterocycles. The molecule has 5 aromatic rings. The zero-order valence-corrected chi connectivity index (χ0v) is 20.9. The van der Waals surface area contributed by atoms with Crippen molar-refractivity contribution in [3.63, 3.8) is 0 Å². The van der Waals surface area contributed by atoms with E-state index in [4.69, 9.17) is 5.26 Å². The molecule has 0 atom stereocenters. The summed E-state index contributed by atoms with van der Waals surface area (Å²) >= 11 is 0. The van der Waals surface area contributed by atoms with Crippen molar-refractivity contribution in [2.75, 3.05) is 18.4 Å². The lowest BCUT2D eigenvalue weighted by molar-refractivity contribution is 0.0498. The molecule has 188 valence electrons. The van der Waals surface area contributed by atoms with Gasteiger partial charge >= 0.3 is 0 Å². The predicted molar refractivity (Wildman–Crippen MR) is 141 cm³/mol. The van der Waals surface area contributed by atoms with Crippen LogP contribution in [0.4, 0.5) is 5.69 Å². The van der Waals surface area contributed by atoms with Crippen LogP contribution in [-0.2, 0) is 0 Å². The van der Waals surface area contributed by atoms with Crippen LogP contribution in [-0.4, -0.2) is 64.7 Å². The first-order valence-corrected chi connectivity index (χ1v) is 12.3. The number of carbonyl (C=O) groups excluding carboxylic acids is 1. The van der Waals surface area contributed by atoms with Gasteiger partial charge in [0, 0.05) is 59.8 Å². The van der Waals surface area contributed by atoms with Crippen LogP contribution in [0.1, 0.15) is 35.8 Å². The van der Waals surface area contributed by atoms with Crippen molar-refractivity contribution in [3.05, 3.63) is 78.4 Å². The third-order valence-corrected chi connectivity index (χ3v) is 6.42. The van der Waals surface area contributed by atoms with E-state index in [1.54, 1.807) is 23.1 Å². The Bertz CT molecular complexity index is 1680. The Morgan fingerprint density at radius 3 is 2.68 bits per heavy atom. The van der Waals surface area contributed by atoms with E-state index >= 15 is 0 Å². The first-order valence-electron chi connectivity index (χ1n) is 12.3. The van der Waals surface area contributed by atoms with E-state index in [1.165, 1.54) is 6.20 Å². The summed E-state index contributed by atoms with van der Waals surface area (Å²) in [5.41, 5.74) is 4.11. The van der Waals surface area contributed by atoms with Crippen molar-refractivity contribution >= 4 is 22.6 Å². The van der Waals surface area contributed by atoms with Gasteiger partial charge in [-0.3, -0.25) is 4.79 Å². The van der Waals surface area contributed by atoms with Crippen molar-refractivity contribution in [1.29, 1.82) is 5.26 Å². The van der Waals surface area contributed by atoms with Crippen LogP contribution >= 0.6 is 0 Å². The summed E-state index contributed by atoms with van der Waals surface area (Å²) in [4.78, 5) is 23.5. The number of nitrogens with one attached hydrogen (secondary N) is 1. The third-order valence-electron chi connectivity index (χ3n) is 6.42. The van der Waals surface area contributed by atoms with Crippen LogP contribution in [0.2, 0.25) is 0 Å². The molecule has 1 aliphatic rings. The van der Waals surface area contributed by atoms with E-state index in [0.29, 0.717) is 41.4 Å². The summed E-state index contributed by atoms with van der Waals surface area (Å²) in [5, 5.41) is 26.6. The minimum Gasteiger partial charge on any atom is -0.382 e. The predicted octanol–water partition coefficient (Wildman–Crippen LogP) is 3.46. The van der Waals surface area contributed by atoms with Gasteiger partial charge in [-0.25, -0.2) is 14.6 Å². The molecule has 11 heteroatoms. The second kappa shape index (κ2) is 9.40. The maximum Gasteiger partial charge on any atom is 0.253 e. The number of hydrogen-bond acceptors (Lipinski definition) is 8. The quantitative estimate of drug-likeness (QED) is 0.372. The lowest BCUT2D eigenvalue weighted by Crippen LogP contribution is -2.50. The molecular formula is C27H24N10O. The molecule has 5 heterocycles. The summed E-state index contributed by atoms with van der Waals surface area (Å²) in [6, 6.07) is 15.3. The fourth-order valence-corrected chi connectivity index (χ4v) is 4.48. The zero-order chi connectivity index (χ0) is 26.2. The molecule has 38 heavy (non-hydrogen) atoms. The number of amides is 1. The Morgan fingerprint density at radius 2 is 1.92 bits per heavy atom. The Hall–Kier alpha value is -5.11. The van der Waals surface area contributed by atoms with Gasteiger partial charge in [-0.2, -0.15) is 15.0 Å². The molecule has 0 saturated carbocycles. The van der Waals surface area contributed by atoms with Crippen molar-refractivity contribution in [1.82, 2.24) is 39.6 Å². The number of pyridine rings is 2. The van der Waals surface area contributed by atoms with Gasteiger partial charge in [-0.15, -0.1) is 5.10 Å². The number of nitrogens with zero attached hydrogens (tertiary/aromatic N) is 9. The summed E-state index contributed by atoms with van der Waals surface area (Å²) in [6.07, 6.45) is 6.84. The number of carbonyl (C=O) groups is 1. The number of benzene rings is 1. The number of fused-ring (bicyclic) bond motifs is 1. The number of likely N-dealkylation sites (tertiary alicyclic amines) is 1. The van der Waals surface area contributed by atoms with Gasteiger partial charge in [-0.1, -0.05) is 23.4 Å². The van der Waals surface area contributed by atoms with Crippen LogP contribution in [0.25, 0.3) is 28.1 Å². The highest BCUT2D eigenvalue weighted by molar-refractivity contribution is 5.94. The second-order valence-electron chi connectivity index (χ2n) is 9.51. The number of hydrogen-bond donors (Lipinski definition) is 1. The Labute approximate surface area is 218 Å². The maximum atomic E-state index is 12.7. The fraction of sp³-hybridized carbons (Fsp3) is 0.222. The Balaban J connectivity index is 1.25. The molecular weight excluding hydrogens is 480 g/mol. The Morgan fingerprint density at radius 1 is 1.11 bits per heavy atom. The smallest absolute Gasteiger partial charge is 0.253 e.